The number of aliphatic hydroxyl groups excluding tert-OH is 5. The Morgan fingerprint density at radius 1 is 0.867 bits per heavy atom. The highest BCUT2D eigenvalue weighted by Gasteiger charge is 2.51. The van der Waals surface area contributed by atoms with E-state index >= 15 is 0 Å². The summed E-state index contributed by atoms with van der Waals surface area (Å²) in [4.78, 5) is 23.0. The first-order valence-electron chi connectivity index (χ1n) is 9.43. The summed E-state index contributed by atoms with van der Waals surface area (Å²) in [6.07, 6.45) is -10.4. The largest absolute Gasteiger partial charge is 0.394 e. The number of nitrogens with one attached hydrogen (secondary N) is 2. The molecule has 2 rings (SSSR count). The minimum absolute atomic E-state index is 0.515. The van der Waals surface area contributed by atoms with Crippen LogP contribution in [0.25, 0.3) is 0 Å². The lowest BCUT2D eigenvalue weighted by Crippen LogP contribution is -2.69. The van der Waals surface area contributed by atoms with Gasteiger partial charge in [-0.05, 0) is 0 Å². The summed E-state index contributed by atoms with van der Waals surface area (Å²) in [5.41, 5.74) is 0. The molecule has 2 heterocycles. The average Bonchev–Trinajstić information content (AvgIpc) is 2.68. The number of hydrogen-bond donors (Lipinski definition) is 7. The Morgan fingerprint density at radius 2 is 1.37 bits per heavy atom. The summed E-state index contributed by atoms with van der Waals surface area (Å²) in [6, 6.07) is -2.43. The number of hydrogen-bond acceptors (Lipinski definition) is 11. The molecule has 0 aromatic rings. The van der Waals surface area contributed by atoms with Gasteiger partial charge in [0, 0.05) is 21.0 Å². The van der Waals surface area contributed by atoms with E-state index in [0.29, 0.717) is 0 Å². The van der Waals surface area contributed by atoms with Gasteiger partial charge in [0.25, 0.3) is 0 Å². The van der Waals surface area contributed by atoms with E-state index in [1.54, 1.807) is 0 Å². The Hall–Kier alpha value is -1.42. The lowest BCUT2D eigenvalue weighted by atomic mass is 9.94. The van der Waals surface area contributed by atoms with E-state index in [1.807, 2.05) is 0 Å². The van der Waals surface area contributed by atoms with Gasteiger partial charge in [0.05, 0.1) is 13.2 Å². The van der Waals surface area contributed by atoms with Crippen molar-refractivity contribution in [3.05, 3.63) is 0 Å². The molecular weight excluding hydrogens is 408 g/mol. The highest BCUT2D eigenvalue weighted by molar-refractivity contribution is 5.73. The highest BCUT2D eigenvalue weighted by atomic mass is 16.7. The first-order chi connectivity index (χ1) is 14.1. The van der Waals surface area contributed by atoms with E-state index in [9.17, 15) is 35.1 Å². The molecule has 0 aliphatic carbocycles. The zero-order valence-corrected chi connectivity index (χ0v) is 16.9. The zero-order valence-electron chi connectivity index (χ0n) is 16.9. The van der Waals surface area contributed by atoms with E-state index in [-0.39, 0.29) is 0 Å². The average molecular weight is 438 g/mol. The van der Waals surface area contributed by atoms with Gasteiger partial charge in [0.15, 0.2) is 12.6 Å². The maximum Gasteiger partial charge on any atom is 0.217 e. The maximum atomic E-state index is 11.6. The van der Waals surface area contributed by atoms with Crippen LogP contribution in [0.15, 0.2) is 0 Å². The molecular formula is C17H30N2O11. The van der Waals surface area contributed by atoms with Gasteiger partial charge in [-0.2, -0.15) is 0 Å². The molecule has 10 atom stereocenters. The van der Waals surface area contributed by atoms with Crippen LogP contribution in [0.1, 0.15) is 13.8 Å². The molecule has 2 saturated heterocycles. The fraction of sp³-hybridized carbons (Fsp3) is 0.882. The van der Waals surface area contributed by atoms with Crippen molar-refractivity contribution in [3.8, 4) is 0 Å². The number of carbonyl (C=O) groups is 2. The molecule has 2 amide bonds. The van der Waals surface area contributed by atoms with Crippen molar-refractivity contribution in [2.24, 2.45) is 0 Å². The normalized spacial score (nSPS) is 41.9. The van der Waals surface area contributed by atoms with Gasteiger partial charge in [-0.15, -0.1) is 0 Å². The maximum absolute atomic E-state index is 11.6. The first-order valence-corrected chi connectivity index (χ1v) is 9.43. The van der Waals surface area contributed by atoms with Crippen molar-refractivity contribution >= 4 is 11.8 Å². The Bertz CT molecular complexity index is 594. The Labute approximate surface area is 172 Å². The topological polar surface area (TPSA) is 196 Å². The molecule has 30 heavy (non-hydrogen) atoms. The lowest BCUT2D eigenvalue weighted by molar-refractivity contribution is -0.329. The van der Waals surface area contributed by atoms with Gasteiger partial charge in [-0.1, -0.05) is 0 Å². The summed E-state index contributed by atoms with van der Waals surface area (Å²) in [6.45, 7) is 1.19. The number of rotatable bonds is 7. The standard InChI is InChI=1S/C17H30N2O11/c1-6(22)18-10-12(24)15(9(5-21)28-16(10)26)30-17-11(19-7(2)23)13(25)14(27-3)8(4-20)29-17/h8-17,20-21,24-26H,4-5H2,1-3H3,(H,18,22)(H,19,23)/t8?,9?,10?,11-,12+,13?,14+,15+,16-,17-/m1/s1. The molecule has 0 radical (unpaired) electrons. The van der Waals surface area contributed by atoms with E-state index in [1.165, 1.54) is 21.0 Å². The number of carbonyl (C=O) groups excluding carboxylic acids is 2. The number of aliphatic hydroxyl groups is 5. The smallest absolute Gasteiger partial charge is 0.217 e. The summed E-state index contributed by atoms with van der Waals surface area (Å²) in [7, 11) is 1.30. The van der Waals surface area contributed by atoms with Crippen LogP contribution >= 0.6 is 0 Å². The summed E-state index contributed by atoms with van der Waals surface area (Å²) in [5, 5.41) is 55.3. The van der Waals surface area contributed by atoms with E-state index in [4.69, 9.17) is 18.9 Å². The van der Waals surface area contributed by atoms with E-state index in [2.05, 4.69) is 10.6 Å². The number of ether oxygens (including phenoxy) is 4. The number of amides is 2. The van der Waals surface area contributed by atoms with Crippen LogP contribution in [0, 0.1) is 0 Å². The van der Waals surface area contributed by atoms with E-state index < -0.39 is 86.3 Å². The molecule has 0 spiro atoms. The highest BCUT2D eigenvalue weighted by Crippen LogP contribution is 2.29. The SMILES string of the molecule is CO[C@H]1C(CO)O[C@H](O[C@H]2C(CO)O[C@@H](O)C(NC(C)=O)[C@@H]2O)[C@H](NC(C)=O)C1O. The van der Waals surface area contributed by atoms with Gasteiger partial charge in [0.1, 0.15) is 48.7 Å². The second-order valence-corrected chi connectivity index (χ2v) is 7.21. The van der Waals surface area contributed by atoms with Crippen molar-refractivity contribution in [2.45, 2.75) is 75.1 Å². The second kappa shape index (κ2) is 10.7. The van der Waals surface area contributed by atoms with E-state index in [0.717, 1.165) is 0 Å². The van der Waals surface area contributed by atoms with Gasteiger partial charge in [0.2, 0.25) is 11.8 Å². The van der Waals surface area contributed by atoms with Crippen molar-refractivity contribution in [1.29, 1.82) is 0 Å². The van der Waals surface area contributed by atoms with Gasteiger partial charge < -0.3 is 55.1 Å². The van der Waals surface area contributed by atoms with Crippen molar-refractivity contribution in [3.63, 3.8) is 0 Å². The Balaban J connectivity index is 2.28. The minimum atomic E-state index is -1.62. The summed E-state index contributed by atoms with van der Waals surface area (Å²) >= 11 is 0. The van der Waals surface area contributed by atoms with Crippen molar-refractivity contribution in [2.75, 3.05) is 20.3 Å². The molecule has 13 heteroatoms. The molecule has 4 unspecified atom stereocenters. The fourth-order valence-corrected chi connectivity index (χ4v) is 3.66. The Kier molecular flexibility index (Phi) is 8.90. The quantitative estimate of drug-likeness (QED) is 0.202. The number of methoxy groups -OCH3 is 1. The molecule has 0 aromatic carbocycles. The van der Waals surface area contributed by atoms with Crippen LogP contribution in [0.4, 0.5) is 0 Å². The van der Waals surface area contributed by atoms with Crippen LogP contribution in [-0.4, -0.2) is 119 Å². The lowest BCUT2D eigenvalue weighted by Gasteiger charge is -2.47. The van der Waals surface area contributed by atoms with Crippen LogP contribution in [0.3, 0.4) is 0 Å². The third-order valence-corrected chi connectivity index (χ3v) is 5.03. The van der Waals surface area contributed by atoms with Gasteiger partial charge >= 0.3 is 0 Å². The fourth-order valence-electron chi connectivity index (χ4n) is 3.66. The van der Waals surface area contributed by atoms with Crippen molar-refractivity contribution < 1.29 is 54.1 Å². The third-order valence-electron chi connectivity index (χ3n) is 5.03. The molecule has 0 saturated carbocycles. The predicted molar refractivity (Wildman–Crippen MR) is 96.6 cm³/mol. The van der Waals surface area contributed by atoms with Crippen LogP contribution in [0.2, 0.25) is 0 Å². The van der Waals surface area contributed by atoms with Crippen LogP contribution in [-0.2, 0) is 28.5 Å². The predicted octanol–water partition coefficient (Wildman–Crippen LogP) is -4.46. The molecule has 7 N–H and O–H groups in total. The summed E-state index contributed by atoms with van der Waals surface area (Å²) in [5.74, 6) is -1.06. The molecule has 0 aromatic heterocycles. The first kappa shape index (κ1) is 24.8. The van der Waals surface area contributed by atoms with Gasteiger partial charge in [-0.3, -0.25) is 9.59 Å². The van der Waals surface area contributed by atoms with Crippen LogP contribution < -0.4 is 10.6 Å². The molecule has 174 valence electrons. The summed E-state index contributed by atoms with van der Waals surface area (Å²) < 4.78 is 21.8. The minimum Gasteiger partial charge on any atom is -0.394 e. The zero-order chi connectivity index (χ0) is 22.6. The van der Waals surface area contributed by atoms with Gasteiger partial charge in [-0.25, -0.2) is 0 Å². The third kappa shape index (κ3) is 5.43. The van der Waals surface area contributed by atoms with Crippen molar-refractivity contribution in [1.82, 2.24) is 10.6 Å². The Morgan fingerprint density at radius 3 is 1.87 bits per heavy atom. The monoisotopic (exact) mass is 438 g/mol. The second-order valence-electron chi connectivity index (χ2n) is 7.21. The molecule has 2 fully saturated rings. The molecule has 2 aliphatic heterocycles. The molecule has 2 aliphatic rings. The molecule has 13 nitrogen and oxygen atoms in total. The van der Waals surface area contributed by atoms with Crippen LogP contribution in [0.5, 0.6) is 0 Å². The molecule has 0 bridgehead atoms.